The van der Waals surface area contributed by atoms with Crippen molar-refractivity contribution in [3.05, 3.63) is 29.5 Å². The van der Waals surface area contributed by atoms with E-state index in [9.17, 15) is 5.11 Å². The molecule has 0 saturated carbocycles. The Morgan fingerprint density at radius 3 is 2.82 bits per heavy atom. The Morgan fingerprint density at radius 1 is 1.35 bits per heavy atom. The van der Waals surface area contributed by atoms with Crippen LogP contribution in [-0.4, -0.2) is 34.5 Å². The fraction of sp³-hybridized carbons (Fsp3) is 0.385. The Labute approximate surface area is 100 Å². The topological polar surface area (TPSA) is 68.3 Å². The van der Waals surface area contributed by atoms with Gasteiger partial charge in [0.2, 0.25) is 0 Å². The lowest BCUT2D eigenvalue weighted by atomic mass is 10.1. The number of fused-ring (bicyclic) bond motifs is 1. The molecule has 4 nitrogen and oxygen atoms in total. The number of aromatic nitrogens is 1. The van der Waals surface area contributed by atoms with Gasteiger partial charge in [-0.2, -0.15) is 0 Å². The van der Waals surface area contributed by atoms with Crippen molar-refractivity contribution in [2.24, 2.45) is 0 Å². The summed E-state index contributed by atoms with van der Waals surface area (Å²) >= 11 is 0. The smallest absolute Gasteiger partial charge is 0.0942 e. The van der Waals surface area contributed by atoms with Crippen LogP contribution in [-0.2, 0) is 0 Å². The maximum Gasteiger partial charge on any atom is 0.0942 e. The van der Waals surface area contributed by atoms with E-state index in [2.05, 4.69) is 30.2 Å². The van der Waals surface area contributed by atoms with Gasteiger partial charge in [-0.05, 0) is 37.6 Å². The van der Waals surface area contributed by atoms with Gasteiger partial charge in [0.15, 0.2) is 0 Å². The van der Waals surface area contributed by atoms with Crippen molar-refractivity contribution in [3.63, 3.8) is 0 Å². The van der Waals surface area contributed by atoms with Crippen LogP contribution >= 0.6 is 0 Å². The van der Waals surface area contributed by atoms with E-state index in [1.54, 1.807) is 0 Å². The Kier molecular flexibility index (Phi) is 3.36. The highest BCUT2D eigenvalue weighted by atomic mass is 16.3. The van der Waals surface area contributed by atoms with Crippen LogP contribution in [0, 0.1) is 13.8 Å². The molecule has 0 aliphatic carbocycles. The van der Waals surface area contributed by atoms with Crippen LogP contribution in [0.25, 0.3) is 10.9 Å². The molecule has 0 aliphatic heterocycles. The standard InChI is InChI=1S/C13H18N2O2/c1-8-9(2)15-13-4-3-10(5-12(8)13)14-6-11(17)7-16/h3-5,11,14-17H,6-7H2,1-2H3. The van der Waals surface area contributed by atoms with E-state index >= 15 is 0 Å². The lowest BCUT2D eigenvalue weighted by molar-refractivity contribution is 0.105. The van der Waals surface area contributed by atoms with Crippen molar-refractivity contribution >= 4 is 16.6 Å². The summed E-state index contributed by atoms with van der Waals surface area (Å²) < 4.78 is 0. The second-order valence-corrected chi connectivity index (χ2v) is 4.35. The van der Waals surface area contributed by atoms with Crippen molar-refractivity contribution in [1.29, 1.82) is 0 Å². The third-order valence-electron chi connectivity index (χ3n) is 3.06. The van der Waals surface area contributed by atoms with Gasteiger partial charge in [0.1, 0.15) is 0 Å². The van der Waals surface area contributed by atoms with E-state index in [0.29, 0.717) is 6.54 Å². The summed E-state index contributed by atoms with van der Waals surface area (Å²) in [6.45, 7) is 4.26. The van der Waals surface area contributed by atoms with Crippen LogP contribution in [0.15, 0.2) is 18.2 Å². The SMILES string of the molecule is Cc1[nH]c2ccc(NCC(O)CO)cc2c1C. The van der Waals surface area contributed by atoms with Gasteiger partial charge in [-0.25, -0.2) is 0 Å². The van der Waals surface area contributed by atoms with Crippen molar-refractivity contribution < 1.29 is 10.2 Å². The largest absolute Gasteiger partial charge is 0.394 e. The molecule has 0 saturated heterocycles. The van der Waals surface area contributed by atoms with Gasteiger partial charge in [-0.1, -0.05) is 0 Å². The average Bonchev–Trinajstić information content (AvgIpc) is 2.62. The number of hydrogen-bond acceptors (Lipinski definition) is 3. The van der Waals surface area contributed by atoms with E-state index in [1.807, 2.05) is 12.1 Å². The van der Waals surface area contributed by atoms with Crippen molar-refractivity contribution in [2.75, 3.05) is 18.5 Å². The molecule has 0 radical (unpaired) electrons. The molecule has 1 heterocycles. The number of H-pyrrole nitrogens is 1. The molecule has 1 unspecified atom stereocenters. The minimum Gasteiger partial charge on any atom is -0.394 e. The van der Waals surface area contributed by atoms with Gasteiger partial charge in [0.05, 0.1) is 12.7 Å². The number of aryl methyl sites for hydroxylation is 2. The summed E-state index contributed by atoms with van der Waals surface area (Å²) in [5.74, 6) is 0. The van der Waals surface area contributed by atoms with Crippen molar-refractivity contribution in [2.45, 2.75) is 20.0 Å². The Morgan fingerprint density at radius 2 is 2.12 bits per heavy atom. The fourth-order valence-corrected chi connectivity index (χ4v) is 1.87. The molecule has 0 bridgehead atoms. The molecule has 1 atom stereocenters. The number of anilines is 1. The number of aliphatic hydroxyl groups excluding tert-OH is 2. The predicted molar refractivity (Wildman–Crippen MR) is 69.4 cm³/mol. The van der Waals surface area contributed by atoms with Crippen molar-refractivity contribution in [1.82, 2.24) is 4.98 Å². The average molecular weight is 234 g/mol. The second-order valence-electron chi connectivity index (χ2n) is 4.35. The summed E-state index contributed by atoms with van der Waals surface area (Å²) in [4.78, 5) is 3.31. The van der Waals surface area contributed by atoms with E-state index in [-0.39, 0.29) is 6.61 Å². The molecule has 0 spiro atoms. The fourth-order valence-electron chi connectivity index (χ4n) is 1.87. The molecule has 0 aliphatic rings. The first kappa shape index (κ1) is 12.0. The highest BCUT2D eigenvalue weighted by Gasteiger charge is 2.06. The first-order chi connectivity index (χ1) is 8.11. The van der Waals surface area contributed by atoms with E-state index in [0.717, 1.165) is 11.2 Å². The Hall–Kier alpha value is -1.52. The second kappa shape index (κ2) is 4.77. The quantitative estimate of drug-likeness (QED) is 0.649. The minimum absolute atomic E-state index is 0.225. The van der Waals surface area contributed by atoms with E-state index in [1.165, 1.54) is 16.6 Å². The zero-order valence-corrected chi connectivity index (χ0v) is 10.1. The number of hydrogen-bond donors (Lipinski definition) is 4. The lowest BCUT2D eigenvalue weighted by Gasteiger charge is -2.10. The molecule has 92 valence electrons. The highest BCUT2D eigenvalue weighted by molar-refractivity contribution is 5.87. The number of rotatable bonds is 4. The molecule has 17 heavy (non-hydrogen) atoms. The molecule has 2 rings (SSSR count). The van der Waals surface area contributed by atoms with E-state index in [4.69, 9.17) is 5.11 Å². The number of aliphatic hydroxyl groups is 2. The molecule has 4 N–H and O–H groups in total. The van der Waals surface area contributed by atoms with Crippen molar-refractivity contribution in [3.8, 4) is 0 Å². The normalized spacial score (nSPS) is 12.9. The van der Waals surface area contributed by atoms with Gasteiger partial charge in [0, 0.05) is 28.8 Å². The minimum atomic E-state index is -0.722. The maximum atomic E-state index is 9.27. The summed E-state index contributed by atoms with van der Waals surface area (Å²) in [6.07, 6.45) is -0.722. The van der Waals surface area contributed by atoms with Crippen LogP contribution < -0.4 is 5.32 Å². The summed E-state index contributed by atoms with van der Waals surface area (Å²) in [5.41, 5.74) is 4.49. The van der Waals surface area contributed by atoms with Crippen LogP contribution in [0.4, 0.5) is 5.69 Å². The molecular formula is C13H18N2O2. The Bertz CT molecular complexity index is 519. The van der Waals surface area contributed by atoms with Crippen LogP contribution in [0.3, 0.4) is 0 Å². The number of benzene rings is 1. The first-order valence-corrected chi connectivity index (χ1v) is 5.73. The number of nitrogens with one attached hydrogen (secondary N) is 2. The molecular weight excluding hydrogens is 216 g/mol. The number of aromatic amines is 1. The van der Waals surface area contributed by atoms with E-state index < -0.39 is 6.10 Å². The molecule has 0 amide bonds. The zero-order valence-electron chi connectivity index (χ0n) is 10.1. The highest BCUT2D eigenvalue weighted by Crippen LogP contribution is 2.24. The van der Waals surface area contributed by atoms with Crippen LogP contribution in [0.1, 0.15) is 11.3 Å². The van der Waals surface area contributed by atoms with Gasteiger partial charge in [-0.15, -0.1) is 0 Å². The van der Waals surface area contributed by atoms with Crippen LogP contribution in [0.2, 0.25) is 0 Å². The molecule has 0 fully saturated rings. The molecule has 1 aromatic carbocycles. The van der Waals surface area contributed by atoms with Gasteiger partial charge < -0.3 is 20.5 Å². The third kappa shape index (κ3) is 2.43. The maximum absolute atomic E-state index is 9.27. The zero-order chi connectivity index (χ0) is 12.4. The molecule has 4 heteroatoms. The summed E-state index contributed by atoms with van der Waals surface area (Å²) in [7, 11) is 0. The monoisotopic (exact) mass is 234 g/mol. The van der Waals surface area contributed by atoms with Gasteiger partial charge >= 0.3 is 0 Å². The van der Waals surface area contributed by atoms with Gasteiger partial charge in [0.25, 0.3) is 0 Å². The third-order valence-corrected chi connectivity index (χ3v) is 3.06. The van der Waals surface area contributed by atoms with Crippen LogP contribution in [0.5, 0.6) is 0 Å². The first-order valence-electron chi connectivity index (χ1n) is 5.73. The summed E-state index contributed by atoms with van der Waals surface area (Å²) in [5, 5.41) is 22.3. The predicted octanol–water partition coefficient (Wildman–Crippen LogP) is 1.55. The summed E-state index contributed by atoms with van der Waals surface area (Å²) in [6, 6.07) is 6.03. The molecule has 1 aromatic heterocycles. The lowest BCUT2D eigenvalue weighted by Crippen LogP contribution is -2.22. The molecule has 2 aromatic rings. The Balaban J connectivity index is 2.22. The van der Waals surface area contributed by atoms with Gasteiger partial charge in [-0.3, -0.25) is 0 Å².